The summed E-state index contributed by atoms with van der Waals surface area (Å²) in [6, 6.07) is 0. The number of hydrogen-bond donors (Lipinski definition) is 0. The van der Waals surface area contributed by atoms with Crippen molar-refractivity contribution < 1.29 is 0 Å². The second-order valence-corrected chi connectivity index (χ2v) is 5.03. The average Bonchev–Trinajstić information content (AvgIpc) is 1.53. The standard InChI is InChI=1S/C10H19Cl/c1-8(2)6-10(4,5)7-9(3)11/h9H,1,6-7H2,2-5H3. The van der Waals surface area contributed by atoms with Gasteiger partial charge < -0.3 is 0 Å². The zero-order chi connectivity index (χ0) is 9.07. The van der Waals surface area contributed by atoms with E-state index in [1.165, 1.54) is 5.57 Å². The van der Waals surface area contributed by atoms with Crippen LogP contribution in [0, 0.1) is 5.41 Å². The highest BCUT2D eigenvalue weighted by Crippen LogP contribution is 2.31. The lowest BCUT2D eigenvalue weighted by molar-refractivity contribution is 0.331. The highest BCUT2D eigenvalue weighted by atomic mass is 35.5. The Morgan fingerprint density at radius 2 is 2.00 bits per heavy atom. The molecule has 0 saturated heterocycles. The molecule has 0 amide bonds. The van der Waals surface area contributed by atoms with Crippen LogP contribution in [0.4, 0.5) is 0 Å². The molecule has 0 aliphatic heterocycles. The molecule has 0 saturated carbocycles. The van der Waals surface area contributed by atoms with E-state index in [1.807, 2.05) is 6.92 Å². The minimum atomic E-state index is 0.268. The van der Waals surface area contributed by atoms with Crippen molar-refractivity contribution in [3.63, 3.8) is 0 Å². The molecule has 0 heterocycles. The van der Waals surface area contributed by atoms with Crippen LogP contribution in [0.3, 0.4) is 0 Å². The highest BCUT2D eigenvalue weighted by Gasteiger charge is 2.19. The lowest BCUT2D eigenvalue weighted by Gasteiger charge is -2.25. The molecule has 0 spiro atoms. The monoisotopic (exact) mass is 174 g/mol. The Kier molecular flexibility index (Phi) is 4.17. The van der Waals surface area contributed by atoms with E-state index in [0.29, 0.717) is 5.41 Å². The summed E-state index contributed by atoms with van der Waals surface area (Å²) >= 11 is 5.92. The third-order valence-electron chi connectivity index (χ3n) is 1.61. The Labute approximate surface area is 75.6 Å². The number of alkyl halides is 1. The Balaban J connectivity index is 3.89. The molecule has 0 nitrogen and oxygen atoms in total. The van der Waals surface area contributed by atoms with Gasteiger partial charge >= 0.3 is 0 Å². The molecule has 1 atom stereocenters. The molecule has 0 aliphatic rings. The molecule has 0 radical (unpaired) electrons. The molecular formula is C10H19Cl. The second-order valence-electron chi connectivity index (χ2n) is 4.28. The summed E-state index contributed by atoms with van der Waals surface area (Å²) in [6.45, 7) is 12.5. The SMILES string of the molecule is C=C(C)CC(C)(C)CC(C)Cl. The number of hydrogen-bond acceptors (Lipinski definition) is 0. The molecule has 0 aromatic rings. The fraction of sp³-hybridized carbons (Fsp3) is 0.800. The van der Waals surface area contributed by atoms with Gasteiger partial charge in [-0.2, -0.15) is 0 Å². The van der Waals surface area contributed by atoms with Gasteiger partial charge in [-0.05, 0) is 32.1 Å². The van der Waals surface area contributed by atoms with Gasteiger partial charge in [0.25, 0.3) is 0 Å². The van der Waals surface area contributed by atoms with Gasteiger partial charge in [0.15, 0.2) is 0 Å². The average molecular weight is 175 g/mol. The molecule has 1 unspecified atom stereocenters. The van der Waals surface area contributed by atoms with Crippen molar-refractivity contribution >= 4 is 11.6 Å². The lowest BCUT2D eigenvalue weighted by Crippen LogP contribution is -2.15. The van der Waals surface area contributed by atoms with Crippen molar-refractivity contribution in [2.24, 2.45) is 5.41 Å². The van der Waals surface area contributed by atoms with Crippen molar-refractivity contribution in [1.82, 2.24) is 0 Å². The third kappa shape index (κ3) is 6.43. The minimum Gasteiger partial charge on any atom is -0.123 e. The summed E-state index contributed by atoms with van der Waals surface area (Å²) in [4.78, 5) is 0. The van der Waals surface area contributed by atoms with Crippen LogP contribution in [-0.4, -0.2) is 5.38 Å². The fourth-order valence-electron chi connectivity index (χ4n) is 1.65. The first-order valence-corrected chi connectivity index (χ1v) is 4.55. The van der Waals surface area contributed by atoms with Gasteiger partial charge in [0.05, 0.1) is 0 Å². The molecule has 0 aromatic carbocycles. The minimum absolute atomic E-state index is 0.268. The zero-order valence-corrected chi connectivity index (χ0v) is 8.83. The number of allylic oxidation sites excluding steroid dienone is 1. The molecule has 11 heavy (non-hydrogen) atoms. The van der Waals surface area contributed by atoms with Crippen LogP contribution in [0.25, 0.3) is 0 Å². The Morgan fingerprint density at radius 3 is 2.27 bits per heavy atom. The van der Waals surface area contributed by atoms with Crippen molar-refractivity contribution in [2.45, 2.75) is 45.9 Å². The van der Waals surface area contributed by atoms with Crippen LogP contribution in [0.2, 0.25) is 0 Å². The molecule has 0 N–H and O–H groups in total. The van der Waals surface area contributed by atoms with Crippen LogP contribution in [0.15, 0.2) is 12.2 Å². The van der Waals surface area contributed by atoms with Crippen LogP contribution >= 0.6 is 11.6 Å². The summed E-state index contributed by atoms with van der Waals surface area (Å²) in [5.41, 5.74) is 1.56. The fourth-order valence-corrected chi connectivity index (χ4v) is 2.07. The molecule has 0 aliphatic carbocycles. The van der Waals surface area contributed by atoms with Crippen molar-refractivity contribution in [1.29, 1.82) is 0 Å². The van der Waals surface area contributed by atoms with Gasteiger partial charge in [0.2, 0.25) is 0 Å². The van der Waals surface area contributed by atoms with Gasteiger partial charge in [-0.3, -0.25) is 0 Å². The first kappa shape index (κ1) is 11.0. The van der Waals surface area contributed by atoms with Crippen LogP contribution in [0.5, 0.6) is 0 Å². The maximum Gasteiger partial charge on any atom is 0.0313 e. The van der Waals surface area contributed by atoms with Crippen LogP contribution in [-0.2, 0) is 0 Å². The summed E-state index contributed by atoms with van der Waals surface area (Å²) in [6.07, 6.45) is 2.13. The Hall–Kier alpha value is 0.0300. The molecule has 1 heteroatoms. The summed E-state index contributed by atoms with van der Waals surface area (Å²) in [5.74, 6) is 0. The molecule has 0 bridgehead atoms. The summed E-state index contributed by atoms with van der Waals surface area (Å²) in [5, 5.41) is 0.268. The maximum absolute atomic E-state index is 5.92. The summed E-state index contributed by atoms with van der Waals surface area (Å²) < 4.78 is 0. The second kappa shape index (κ2) is 4.15. The number of halogens is 1. The van der Waals surface area contributed by atoms with E-state index < -0.39 is 0 Å². The van der Waals surface area contributed by atoms with E-state index in [4.69, 9.17) is 11.6 Å². The Morgan fingerprint density at radius 1 is 1.55 bits per heavy atom. The smallest absolute Gasteiger partial charge is 0.0313 e. The van der Waals surface area contributed by atoms with E-state index >= 15 is 0 Å². The third-order valence-corrected chi connectivity index (χ3v) is 1.77. The zero-order valence-electron chi connectivity index (χ0n) is 8.08. The maximum atomic E-state index is 5.92. The quantitative estimate of drug-likeness (QED) is 0.447. The summed E-state index contributed by atoms with van der Waals surface area (Å²) in [7, 11) is 0. The largest absolute Gasteiger partial charge is 0.123 e. The lowest BCUT2D eigenvalue weighted by atomic mass is 9.82. The first-order chi connectivity index (χ1) is 4.83. The van der Waals surface area contributed by atoms with Crippen molar-refractivity contribution in [3.05, 3.63) is 12.2 Å². The Bertz CT molecular complexity index is 134. The van der Waals surface area contributed by atoms with Crippen molar-refractivity contribution in [2.75, 3.05) is 0 Å². The van der Waals surface area contributed by atoms with Crippen molar-refractivity contribution in [3.8, 4) is 0 Å². The van der Waals surface area contributed by atoms with E-state index in [9.17, 15) is 0 Å². The van der Waals surface area contributed by atoms with Gasteiger partial charge in [-0.15, -0.1) is 18.2 Å². The highest BCUT2D eigenvalue weighted by molar-refractivity contribution is 6.20. The van der Waals surface area contributed by atoms with Gasteiger partial charge in [0.1, 0.15) is 0 Å². The molecule has 66 valence electrons. The number of rotatable bonds is 4. The van der Waals surface area contributed by atoms with E-state index in [-0.39, 0.29) is 5.38 Å². The normalized spacial score (nSPS) is 14.6. The molecular weight excluding hydrogens is 156 g/mol. The first-order valence-electron chi connectivity index (χ1n) is 4.12. The molecule has 0 rings (SSSR count). The topological polar surface area (TPSA) is 0 Å². The van der Waals surface area contributed by atoms with Gasteiger partial charge in [-0.25, -0.2) is 0 Å². The molecule has 0 fully saturated rings. The molecule has 0 aromatic heterocycles. The van der Waals surface area contributed by atoms with Crippen LogP contribution in [0.1, 0.15) is 40.5 Å². The van der Waals surface area contributed by atoms with Crippen LogP contribution < -0.4 is 0 Å². The predicted octanol–water partition coefficient (Wildman–Crippen LogP) is 4.00. The van der Waals surface area contributed by atoms with E-state index in [1.54, 1.807) is 0 Å². The van der Waals surface area contributed by atoms with Gasteiger partial charge in [-0.1, -0.05) is 19.4 Å². The van der Waals surface area contributed by atoms with Gasteiger partial charge in [0, 0.05) is 5.38 Å². The predicted molar refractivity (Wildman–Crippen MR) is 53.1 cm³/mol. The van der Waals surface area contributed by atoms with E-state index in [2.05, 4.69) is 27.4 Å². The van der Waals surface area contributed by atoms with E-state index in [0.717, 1.165) is 12.8 Å².